The molecule has 3 aromatic heterocycles. The standard InChI is InChI=1S/C27H28F3N5O2/c1-4-37-25-11-20(9-23(33-25)27(28,29)30)19-5-6-31-24(10-19)34-12-18(13-34)8-26(36)35-14-21-16(2)7-17(3)32-22(21)15-35/h5-7,9-11,18H,4,8,12-15H2,1-3H3. The highest BCUT2D eigenvalue weighted by Crippen LogP contribution is 2.35. The molecule has 0 bridgehead atoms. The monoisotopic (exact) mass is 511 g/mol. The summed E-state index contributed by atoms with van der Waals surface area (Å²) in [6.07, 6.45) is -2.56. The van der Waals surface area contributed by atoms with Crippen LogP contribution in [0.4, 0.5) is 19.0 Å². The molecule has 1 saturated heterocycles. The number of ether oxygens (including phenoxy) is 1. The number of carbonyl (C=O) groups is 1. The Kier molecular flexibility index (Phi) is 6.51. The maximum absolute atomic E-state index is 13.4. The van der Waals surface area contributed by atoms with Crippen LogP contribution in [0, 0.1) is 19.8 Å². The number of hydrogen-bond donors (Lipinski definition) is 0. The number of halogens is 3. The SMILES string of the molecule is CCOc1cc(-c2ccnc(N3CC(CC(=O)N4Cc5nc(C)cc(C)c5C4)C3)c2)cc(C(F)(F)F)n1. The lowest BCUT2D eigenvalue weighted by molar-refractivity contribution is -0.141. The number of nitrogens with zero attached hydrogens (tertiary/aromatic N) is 5. The minimum atomic E-state index is -4.58. The number of pyridine rings is 3. The maximum atomic E-state index is 13.4. The van der Waals surface area contributed by atoms with Crippen LogP contribution in [0.1, 0.15) is 41.6 Å². The summed E-state index contributed by atoms with van der Waals surface area (Å²) in [6, 6.07) is 7.99. The first-order valence-corrected chi connectivity index (χ1v) is 12.3. The smallest absolute Gasteiger partial charge is 0.433 e. The third-order valence-electron chi connectivity index (χ3n) is 6.81. The van der Waals surface area contributed by atoms with Gasteiger partial charge >= 0.3 is 6.18 Å². The molecule has 10 heteroatoms. The third-order valence-corrected chi connectivity index (χ3v) is 6.81. The van der Waals surface area contributed by atoms with Crippen molar-refractivity contribution in [1.29, 1.82) is 0 Å². The fraction of sp³-hybridized carbons (Fsp3) is 0.407. The van der Waals surface area contributed by atoms with Crippen molar-refractivity contribution in [3.05, 3.63) is 64.7 Å². The average Bonchev–Trinajstić information content (AvgIpc) is 3.25. The highest BCUT2D eigenvalue weighted by atomic mass is 19.4. The summed E-state index contributed by atoms with van der Waals surface area (Å²) in [5.74, 6) is 0.896. The van der Waals surface area contributed by atoms with Crippen molar-refractivity contribution in [2.75, 3.05) is 24.6 Å². The van der Waals surface area contributed by atoms with Gasteiger partial charge in [-0.1, -0.05) is 0 Å². The molecule has 0 N–H and O–H groups in total. The van der Waals surface area contributed by atoms with Gasteiger partial charge in [0.15, 0.2) is 0 Å². The molecule has 37 heavy (non-hydrogen) atoms. The molecule has 7 nitrogen and oxygen atoms in total. The number of anilines is 1. The Morgan fingerprint density at radius 1 is 1.08 bits per heavy atom. The van der Waals surface area contributed by atoms with E-state index in [0.717, 1.165) is 23.0 Å². The second kappa shape index (κ2) is 9.64. The van der Waals surface area contributed by atoms with Crippen molar-refractivity contribution in [3.8, 4) is 17.0 Å². The summed E-state index contributed by atoms with van der Waals surface area (Å²) >= 11 is 0. The van der Waals surface area contributed by atoms with E-state index in [2.05, 4.69) is 21.9 Å². The molecule has 1 amide bonds. The summed E-state index contributed by atoms with van der Waals surface area (Å²) in [5.41, 5.74) is 4.21. The van der Waals surface area contributed by atoms with E-state index in [-0.39, 0.29) is 24.3 Å². The third kappa shape index (κ3) is 5.23. The molecule has 5 heterocycles. The maximum Gasteiger partial charge on any atom is 0.433 e. The number of amides is 1. The van der Waals surface area contributed by atoms with Crippen LogP contribution in [0.2, 0.25) is 0 Å². The van der Waals surface area contributed by atoms with Crippen LogP contribution in [-0.4, -0.2) is 45.5 Å². The van der Waals surface area contributed by atoms with Crippen molar-refractivity contribution in [2.45, 2.75) is 46.5 Å². The van der Waals surface area contributed by atoms with Gasteiger partial charge in [-0.05, 0) is 67.3 Å². The molecule has 0 spiro atoms. The van der Waals surface area contributed by atoms with E-state index in [4.69, 9.17) is 4.74 Å². The molecule has 0 unspecified atom stereocenters. The quantitative estimate of drug-likeness (QED) is 0.467. The molecule has 2 aliphatic rings. The highest BCUT2D eigenvalue weighted by Gasteiger charge is 2.35. The van der Waals surface area contributed by atoms with E-state index in [1.807, 2.05) is 22.8 Å². The Balaban J connectivity index is 1.23. The largest absolute Gasteiger partial charge is 0.478 e. The second-order valence-corrected chi connectivity index (χ2v) is 9.64. The normalized spacial score (nSPS) is 15.5. The van der Waals surface area contributed by atoms with Gasteiger partial charge in [0.25, 0.3) is 0 Å². The lowest BCUT2D eigenvalue weighted by atomic mass is 9.95. The summed E-state index contributed by atoms with van der Waals surface area (Å²) in [7, 11) is 0. The lowest BCUT2D eigenvalue weighted by Gasteiger charge is -2.40. The Morgan fingerprint density at radius 3 is 2.59 bits per heavy atom. The van der Waals surface area contributed by atoms with Gasteiger partial charge in [-0.3, -0.25) is 9.78 Å². The van der Waals surface area contributed by atoms with E-state index >= 15 is 0 Å². The first-order valence-electron chi connectivity index (χ1n) is 12.3. The van der Waals surface area contributed by atoms with Gasteiger partial charge in [-0.2, -0.15) is 13.2 Å². The van der Waals surface area contributed by atoms with Crippen LogP contribution >= 0.6 is 0 Å². The molecule has 0 radical (unpaired) electrons. The molecular weight excluding hydrogens is 483 g/mol. The van der Waals surface area contributed by atoms with Crippen molar-refractivity contribution in [2.24, 2.45) is 5.92 Å². The van der Waals surface area contributed by atoms with Gasteiger partial charge in [0.2, 0.25) is 11.8 Å². The molecule has 1 fully saturated rings. The van der Waals surface area contributed by atoms with E-state index in [1.54, 1.807) is 25.3 Å². The van der Waals surface area contributed by atoms with Crippen LogP contribution in [0.25, 0.3) is 11.1 Å². The molecule has 0 atom stereocenters. The Labute approximate surface area is 213 Å². The van der Waals surface area contributed by atoms with Crippen molar-refractivity contribution >= 4 is 11.7 Å². The molecule has 0 aromatic carbocycles. The van der Waals surface area contributed by atoms with Crippen LogP contribution in [-0.2, 0) is 24.1 Å². The van der Waals surface area contributed by atoms with Crippen LogP contribution in [0.15, 0.2) is 36.5 Å². The lowest BCUT2D eigenvalue weighted by Crippen LogP contribution is -2.49. The number of rotatable bonds is 6. The minimum Gasteiger partial charge on any atom is -0.478 e. The highest BCUT2D eigenvalue weighted by molar-refractivity contribution is 5.78. The first kappa shape index (κ1) is 25.0. The molecule has 5 rings (SSSR count). The fourth-order valence-corrected chi connectivity index (χ4v) is 4.96. The van der Waals surface area contributed by atoms with Crippen molar-refractivity contribution < 1.29 is 22.7 Å². The number of fused-ring (bicyclic) bond motifs is 1. The topological polar surface area (TPSA) is 71.5 Å². The number of aryl methyl sites for hydroxylation is 2. The number of alkyl halides is 3. The number of carbonyl (C=O) groups excluding carboxylic acids is 1. The molecule has 0 saturated carbocycles. The van der Waals surface area contributed by atoms with E-state index in [9.17, 15) is 18.0 Å². The zero-order chi connectivity index (χ0) is 26.3. The van der Waals surface area contributed by atoms with Gasteiger partial charge in [0.1, 0.15) is 11.5 Å². The van der Waals surface area contributed by atoms with Gasteiger partial charge in [-0.25, -0.2) is 9.97 Å². The van der Waals surface area contributed by atoms with E-state index < -0.39 is 11.9 Å². The van der Waals surface area contributed by atoms with Gasteiger partial charge in [0.05, 0.1) is 18.8 Å². The summed E-state index contributed by atoms with van der Waals surface area (Å²) in [6.45, 7) is 8.39. The number of aromatic nitrogens is 3. The van der Waals surface area contributed by atoms with E-state index in [1.165, 1.54) is 11.6 Å². The Bertz CT molecular complexity index is 1340. The minimum absolute atomic E-state index is 0.0715. The second-order valence-electron chi connectivity index (χ2n) is 9.64. The predicted molar refractivity (Wildman–Crippen MR) is 132 cm³/mol. The molecule has 3 aromatic rings. The molecule has 2 aliphatic heterocycles. The summed E-state index contributed by atoms with van der Waals surface area (Å²) < 4.78 is 45.4. The summed E-state index contributed by atoms with van der Waals surface area (Å²) in [5, 5.41) is 0. The van der Waals surface area contributed by atoms with Crippen LogP contribution in [0.3, 0.4) is 0 Å². The zero-order valence-electron chi connectivity index (χ0n) is 21.0. The van der Waals surface area contributed by atoms with Crippen LogP contribution in [0.5, 0.6) is 5.88 Å². The predicted octanol–water partition coefficient (Wildman–Crippen LogP) is 4.94. The molecular formula is C27H28F3N5O2. The molecule has 0 aliphatic carbocycles. The van der Waals surface area contributed by atoms with Gasteiger partial charge in [-0.15, -0.1) is 0 Å². The fourth-order valence-electron chi connectivity index (χ4n) is 4.96. The Morgan fingerprint density at radius 2 is 1.86 bits per heavy atom. The Hall–Kier alpha value is -3.69. The summed E-state index contributed by atoms with van der Waals surface area (Å²) in [4.78, 5) is 29.4. The van der Waals surface area contributed by atoms with Crippen LogP contribution < -0.4 is 9.64 Å². The molecule has 194 valence electrons. The van der Waals surface area contributed by atoms with Crippen molar-refractivity contribution in [1.82, 2.24) is 19.9 Å². The first-order chi connectivity index (χ1) is 17.6. The van der Waals surface area contributed by atoms with Gasteiger partial charge < -0.3 is 14.5 Å². The zero-order valence-corrected chi connectivity index (χ0v) is 21.0. The van der Waals surface area contributed by atoms with Gasteiger partial charge in [0, 0.05) is 49.9 Å². The van der Waals surface area contributed by atoms with Crippen molar-refractivity contribution in [3.63, 3.8) is 0 Å². The average molecular weight is 512 g/mol. The van der Waals surface area contributed by atoms with E-state index in [0.29, 0.717) is 49.5 Å². The number of hydrogen-bond acceptors (Lipinski definition) is 6.